The van der Waals surface area contributed by atoms with Gasteiger partial charge in [-0.15, -0.1) is 11.3 Å². The van der Waals surface area contributed by atoms with Crippen molar-refractivity contribution < 1.29 is 13.9 Å². The van der Waals surface area contributed by atoms with Crippen molar-refractivity contribution in [2.24, 2.45) is 5.92 Å². The molecular weight excluding hydrogens is 372 g/mol. The topological polar surface area (TPSA) is 55.6 Å². The number of thiophene rings is 1. The van der Waals surface area contributed by atoms with Crippen LogP contribution in [0.25, 0.3) is 21.5 Å². The molecule has 146 valence electrons. The highest BCUT2D eigenvalue weighted by Gasteiger charge is 2.31. The minimum Gasteiger partial charge on any atom is -0.464 e. The van der Waals surface area contributed by atoms with Crippen LogP contribution in [0.5, 0.6) is 0 Å². The lowest BCUT2D eigenvalue weighted by atomic mass is 9.87. The Morgan fingerprint density at radius 1 is 1.32 bits per heavy atom. The van der Waals surface area contributed by atoms with Gasteiger partial charge in [0.1, 0.15) is 10.6 Å². The van der Waals surface area contributed by atoms with Gasteiger partial charge in [-0.3, -0.25) is 4.79 Å². The van der Waals surface area contributed by atoms with Crippen LogP contribution in [0.1, 0.15) is 39.8 Å². The fourth-order valence-electron chi connectivity index (χ4n) is 4.44. The third-order valence-electron chi connectivity index (χ3n) is 5.90. The maximum atomic E-state index is 13.5. The maximum absolute atomic E-state index is 13.5. The van der Waals surface area contributed by atoms with Gasteiger partial charge in [0.15, 0.2) is 0 Å². The predicted molar refractivity (Wildman–Crippen MR) is 110 cm³/mol. The number of carbonyl (C=O) groups is 1. The summed E-state index contributed by atoms with van der Waals surface area (Å²) in [6, 6.07) is 3.85. The van der Waals surface area contributed by atoms with Gasteiger partial charge in [-0.25, -0.2) is 4.98 Å². The minimum atomic E-state index is 0.0331. The molecule has 1 saturated heterocycles. The van der Waals surface area contributed by atoms with E-state index in [0.29, 0.717) is 37.8 Å². The fraction of sp³-hybridized carbons (Fsp3) is 0.455. The van der Waals surface area contributed by atoms with Crippen molar-refractivity contribution in [3.05, 3.63) is 40.1 Å². The first kappa shape index (κ1) is 17.9. The Labute approximate surface area is 168 Å². The third-order valence-corrected chi connectivity index (χ3v) is 7.05. The molecule has 1 atom stereocenters. The molecule has 3 aromatic heterocycles. The highest BCUT2D eigenvalue weighted by atomic mass is 32.1. The van der Waals surface area contributed by atoms with Gasteiger partial charge in [0.2, 0.25) is 0 Å². The lowest BCUT2D eigenvalue weighted by molar-refractivity contribution is 0.0302. The molecule has 0 saturated carbocycles. The number of nitrogens with zero attached hydrogens (tertiary/aromatic N) is 2. The van der Waals surface area contributed by atoms with Gasteiger partial charge in [0.25, 0.3) is 5.91 Å². The SMILES string of the molecule is Cc1nc2sc3c(c2c(-c2ccco2)c1C(=O)N1CCOCC1)CCC(C)C3. The zero-order valence-corrected chi connectivity index (χ0v) is 17.1. The molecule has 0 spiro atoms. The van der Waals surface area contributed by atoms with Crippen LogP contribution in [-0.4, -0.2) is 42.1 Å². The van der Waals surface area contributed by atoms with Gasteiger partial charge < -0.3 is 14.1 Å². The molecule has 1 unspecified atom stereocenters. The molecule has 1 amide bonds. The summed E-state index contributed by atoms with van der Waals surface area (Å²) in [6.07, 6.45) is 5.00. The van der Waals surface area contributed by atoms with E-state index in [-0.39, 0.29) is 5.91 Å². The Hall–Kier alpha value is -2.18. The van der Waals surface area contributed by atoms with Gasteiger partial charge in [-0.2, -0.15) is 0 Å². The molecule has 0 bridgehead atoms. The van der Waals surface area contributed by atoms with Gasteiger partial charge >= 0.3 is 0 Å². The van der Waals surface area contributed by atoms with Crippen LogP contribution in [0.2, 0.25) is 0 Å². The first-order valence-electron chi connectivity index (χ1n) is 9.99. The molecule has 28 heavy (non-hydrogen) atoms. The smallest absolute Gasteiger partial charge is 0.256 e. The number of pyridine rings is 1. The molecule has 0 aromatic carbocycles. The number of aromatic nitrogens is 1. The van der Waals surface area contributed by atoms with Crippen molar-refractivity contribution >= 4 is 27.5 Å². The normalized spacial score (nSPS) is 19.8. The minimum absolute atomic E-state index is 0.0331. The monoisotopic (exact) mass is 396 g/mol. The van der Waals surface area contributed by atoms with E-state index in [2.05, 4.69) is 6.92 Å². The third kappa shape index (κ3) is 2.86. The van der Waals surface area contributed by atoms with E-state index >= 15 is 0 Å². The van der Waals surface area contributed by atoms with E-state index in [4.69, 9.17) is 14.1 Å². The number of carbonyl (C=O) groups excluding carboxylic acids is 1. The molecule has 4 heterocycles. The summed E-state index contributed by atoms with van der Waals surface area (Å²) in [5.74, 6) is 1.49. The molecular formula is C22H24N2O3S. The Balaban J connectivity index is 1.76. The number of rotatable bonds is 2. The molecule has 5 rings (SSSR count). The summed E-state index contributed by atoms with van der Waals surface area (Å²) < 4.78 is 11.3. The van der Waals surface area contributed by atoms with E-state index < -0.39 is 0 Å². The number of morpholine rings is 1. The summed E-state index contributed by atoms with van der Waals surface area (Å²) in [6.45, 7) is 6.67. The molecule has 3 aromatic rings. The first-order valence-corrected chi connectivity index (χ1v) is 10.8. The van der Waals surface area contributed by atoms with Gasteiger partial charge in [0.05, 0.1) is 30.7 Å². The lowest BCUT2D eigenvalue weighted by Crippen LogP contribution is -2.41. The molecule has 1 aliphatic heterocycles. The van der Waals surface area contributed by atoms with E-state index in [9.17, 15) is 4.79 Å². The van der Waals surface area contributed by atoms with E-state index in [1.54, 1.807) is 17.6 Å². The number of aryl methyl sites for hydroxylation is 2. The van der Waals surface area contributed by atoms with Crippen LogP contribution in [0.3, 0.4) is 0 Å². The Kier molecular flexibility index (Phi) is 4.48. The highest BCUT2D eigenvalue weighted by molar-refractivity contribution is 7.19. The summed E-state index contributed by atoms with van der Waals surface area (Å²) in [5, 5.41) is 1.13. The highest BCUT2D eigenvalue weighted by Crippen LogP contribution is 2.44. The van der Waals surface area contributed by atoms with Gasteiger partial charge in [-0.1, -0.05) is 6.92 Å². The van der Waals surface area contributed by atoms with Crippen molar-refractivity contribution in [3.8, 4) is 11.3 Å². The molecule has 0 N–H and O–H groups in total. The van der Waals surface area contributed by atoms with Gasteiger partial charge in [0, 0.05) is 28.9 Å². The Morgan fingerprint density at radius 2 is 2.14 bits per heavy atom. The van der Waals surface area contributed by atoms with E-state index in [1.807, 2.05) is 24.0 Å². The molecule has 6 heteroatoms. The van der Waals surface area contributed by atoms with E-state index in [1.165, 1.54) is 16.9 Å². The largest absolute Gasteiger partial charge is 0.464 e. The fourth-order valence-corrected chi connectivity index (χ4v) is 5.88. The van der Waals surface area contributed by atoms with Crippen molar-refractivity contribution in [3.63, 3.8) is 0 Å². The maximum Gasteiger partial charge on any atom is 0.256 e. The van der Waals surface area contributed by atoms with Crippen molar-refractivity contribution in [1.82, 2.24) is 9.88 Å². The molecule has 2 aliphatic rings. The van der Waals surface area contributed by atoms with Crippen molar-refractivity contribution in [2.75, 3.05) is 26.3 Å². The number of hydrogen-bond donors (Lipinski definition) is 0. The van der Waals surface area contributed by atoms with Crippen molar-refractivity contribution in [1.29, 1.82) is 0 Å². The van der Waals surface area contributed by atoms with Gasteiger partial charge in [-0.05, 0) is 49.8 Å². The average Bonchev–Trinajstić information content (AvgIpc) is 3.34. The first-order chi connectivity index (χ1) is 13.6. The zero-order chi connectivity index (χ0) is 19.3. The summed E-state index contributed by atoms with van der Waals surface area (Å²) in [7, 11) is 0. The summed E-state index contributed by atoms with van der Waals surface area (Å²) >= 11 is 1.79. The summed E-state index contributed by atoms with van der Waals surface area (Å²) in [4.78, 5) is 22.7. The molecule has 1 fully saturated rings. The molecule has 1 aliphatic carbocycles. The second-order valence-electron chi connectivity index (χ2n) is 7.86. The van der Waals surface area contributed by atoms with Crippen LogP contribution in [-0.2, 0) is 17.6 Å². The van der Waals surface area contributed by atoms with Crippen LogP contribution >= 0.6 is 11.3 Å². The quantitative estimate of drug-likeness (QED) is 0.642. The Bertz CT molecular complexity index is 1030. The number of furan rings is 1. The van der Waals surface area contributed by atoms with Crippen molar-refractivity contribution in [2.45, 2.75) is 33.1 Å². The van der Waals surface area contributed by atoms with Crippen LogP contribution in [0, 0.1) is 12.8 Å². The number of amides is 1. The van der Waals surface area contributed by atoms with Crippen LogP contribution in [0.4, 0.5) is 0 Å². The second-order valence-corrected chi connectivity index (χ2v) is 8.94. The zero-order valence-electron chi connectivity index (χ0n) is 16.3. The lowest BCUT2D eigenvalue weighted by Gasteiger charge is -2.28. The Morgan fingerprint density at radius 3 is 2.89 bits per heavy atom. The van der Waals surface area contributed by atoms with Crippen LogP contribution < -0.4 is 0 Å². The number of fused-ring (bicyclic) bond motifs is 3. The predicted octanol–water partition coefficient (Wildman–Crippen LogP) is 4.46. The number of ether oxygens (including phenoxy) is 1. The average molecular weight is 397 g/mol. The molecule has 5 nitrogen and oxygen atoms in total. The standard InChI is InChI=1S/C22H24N2O3S/c1-13-5-6-15-17(12-13)28-21-19(15)20(16-4-3-9-27-16)18(14(2)23-21)22(25)24-7-10-26-11-8-24/h3-4,9,13H,5-8,10-12H2,1-2H3. The number of hydrogen-bond acceptors (Lipinski definition) is 5. The summed E-state index contributed by atoms with van der Waals surface area (Å²) in [5.41, 5.74) is 3.76. The molecule has 0 radical (unpaired) electrons. The second kappa shape index (κ2) is 7.01. The van der Waals surface area contributed by atoms with E-state index in [0.717, 1.165) is 40.1 Å². The van der Waals surface area contributed by atoms with Crippen LogP contribution in [0.15, 0.2) is 22.8 Å².